The summed E-state index contributed by atoms with van der Waals surface area (Å²) in [5.41, 5.74) is 4.87. The van der Waals surface area contributed by atoms with Gasteiger partial charge in [0.1, 0.15) is 11.0 Å². The van der Waals surface area contributed by atoms with Crippen LogP contribution in [0.3, 0.4) is 0 Å². The highest BCUT2D eigenvalue weighted by Gasteiger charge is 2.20. The molecule has 33 heavy (non-hydrogen) atoms. The fourth-order valence-corrected chi connectivity index (χ4v) is 4.60. The van der Waals surface area contributed by atoms with Crippen LogP contribution in [-0.2, 0) is 16.0 Å². The Morgan fingerprint density at radius 1 is 1.03 bits per heavy atom. The Morgan fingerprint density at radius 2 is 1.79 bits per heavy atom. The number of hydrogen-bond donors (Lipinski definition) is 3. The number of benzene rings is 3. The second kappa shape index (κ2) is 10.4. The van der Waals surface area contributed by atoms with Crippen LogP contribution >= 0.6 is 11.3 Å². The molecule has 1 atom stereocenters. The lowest BCUT2D eigenvalue weighted by molar-refractivity contribution is -0.141. The van der Waals surface area contributed by atoms with E-state index in [2.05, 4.69) is 28.6 Å². The standard InChI is InChI=1S/C26H25N3O3S/c1-17-7-12-21-23(15-17)33-25(29-21)19-8-10-20(11-9-19)28-24(30)16-22(26(31)32)27-14-13-18-5-3-2-4-6-18/h2-12,15,22,27H,13-14,16H2,1H3,(H,28,30)(H,31,32). The number of aromatic nitrogens is 1. The summed E-state index contributed by atoms with van der Waals surface area (Å²) in [6.07, 6.45) is 0.544. The van der Waals surface area contributed by atoms with Gasteiger partial charge in [-0.25, -0.2) is 4.98 Å². The van der Waals surface area contributed by atoms with E-state index in [1.165, 1.54) is 5.56 Å². The molecular formula is C26H25N3O3S. The molecule has 168 valence electrons. The van der Waals surface area contributed by atoms with Crippen molar-refractivity contribution in [1.82, 2.24) is 10.3 Å². The monoisotopic (exact) mass is 459 g/mol. The van der Waals surface area contributed by atoms with Gasteiger partial charge in [-0.15, -0.1) is 11.3 Å². The number of carbonyl (C=O) groups excluding carboxylic acids is 1. The number of carboxylic acids is 1. The van der Waals surface area contributed by atoms with Gasteiger partial charge in [-0.3, -0.25) is 9.59 Å². The molecule has 4 aromatic rings. The molecule has 3 N–H and O–H groups in total. The van der Waals surface area contributed by atoms with Gasteiger partial charge in [0, 0.05) is 11.3 Å². The summed E-state index contributed by atoms with van der Waals surface area (Å²) < 4.78 is 1.14. The van der Waals surface area contributed by atoms with Gasteiger partial charge >= 0.3 is 5.97 Å². The van der Waals surface area contributed by atoms with Crippen LogP contribution in [0.2, 0.25) is 0 Å². The zero-order valence-corrected chi connectivity index (χ0v) is 19.1. The van der Waals surface area contributed by atoms with E-state index in [1.807, 2.05) is 66.7 Å². The first-order valence-electron chi connectivity index (χ1n) is 10.8. The molecule has 7 heteroatoms. The molecule has 0 radical (unpaired) electrons. The number of amides is 1. The normalized spacial score (nSPS) is 11.9. The van der Waals surface area contributed by atoms with Crippen molar-refractivity contribution in [3.8, 4) is 10.6 Å². The summed E-state index contributed by atoms with van der Waals surface area (Å²) in [6, 6.07) is 22.5. The first-order valence-corrected chi connectivity index (χ1v) is 11.6. The maximum Gasteiger partial charge on any atom is 0.321 e. The summed E-state index contributed by atoms with van der Waals surface area (Å²) >= 11 is 1.63. The maximum absolute atomic E-state index is 12.4. The van der Waals surface area contributed by atoms with Gasteiger partial charge in [-0.2, -0.15) is 0 Å². The molecule has 0 aliphatic rings. The van der Waals surface area contributed by atoms with E-state index in [1.54, 1.807) is 11.3 Å². The van der Waals surface area contributed by atoms with Crippen LogP contribution in [0.15, 0.2) is 72.8 Å². The molecular weight excluding hydrogens is 434 g/mol. The summed E-state index contributed by atoms with van der Waals surface area (Å²) in [4.78, 5) is 28.7. The lowest BCUT2D eigenvalue weighted by Gasteiger charge is -2.14. The lowest BCUT2D eigenvalue weighted by atomic mass is 10.1. The highest BCUT2D eigenvalue weighted by molar-refractivity contribution is 7.21. The Balaban J connectivity index is 1.33. The molecule has 0 bridgehead atoms. The first-order chi connectivity index (χ1) is 16.0. The van der Waals surface area contributed by atoms with Crippen molar-refractivity contribution in [3.05, 3.63) is 83.9 Å². The van der Waals surface area contributed by atoms with Crippen molar-refractivity contribution in [2.24, 2.45) is 0 Å². The molecule has 0 spiro atoms. The fraction of sp³-hybridized carbons (Fsp3) is 0.192. The molecule has 3 aromatic carbocycles. The number of carboxylic acid groups (broad SMARTS) is 1. The van der Waals surface area contributed by atoms with Gasteiger partial charge in [0.05, 0.1) is 16.6 Å². The number of thiazole rings is 1. The SMILES string of the molecule is Cc1ccc2nc(-c3ccc(NC(=O)CC(NCCc4ccccc4)C(=O)O)cc3)sc2c1. The number of aliphatic carboxylic acids is 1. The van der Waals surface area contributed by atoms with Gasteiger partial charge in [-0.05, 0) is 67.4 Å². The molecule has 1 amide bonds. The molecule has 4 rings (SSSR count). The van der Waals surface area contributed by atoms with Gasteiger partial charge in [0.15, 0.2) is 0 Å². The molecule has 1 aromatic heterocycles. The number of aryl methyl sites for hydroxylation is 1. The van der Waals surface area contributed by atoms with E-state index in [-0.39, 0.29) is 12.3 Å². The zero-order valence-electron chi connectivity index (χ0n) is 18.2. The zero-order chi connectivity index (χ0) is 23.2. The largest absolute Gasteiger partial charge is 0.480 e. The lowest BCUT2D eigenvalue weighted by Crippen LogP contribution is -2.40. The van der Waals surface area contributed by atoms with Crippen LogP contribution in [0.4, 0.5) is 5.69 Å². The minimum atomic E-state index is -1.04. The number of carbonyl (C=O) groups is 2. The second-order valence-electron chi connectivity index (χ2n) is 7.90. The van der Waals surface area contributed by atoms with E-state index in [9.17, 15) is 14.7 Å². The molecule has 1 heterocycles. The number of hydrogen-bond acceptors (Lipinski definition) is 5. The molecule has 6 nitrogen and oxygen atoms in total. The number of fused-ring (bicyclic) bond motifs is 1. The minimum Gasteiger partial charge on any atom is -0.480 e. The van der Waals surface area contributed by atoms with Crippen LogP contribution in [0, 0.1) is 6.92 Å². The quantitative estimate of drug-likeness (QED) is 0.332. The highest BCUT2D eigenvalue weighted by Crippen LogP contribution is 2.31. The summed E-state index contributed by atoms with van der Waals surface area (Å²) in [5.74, 6) is -1.39. The summed E-state index contributed by atoms with van der Waals surface area (Å²) in [7, 11) is 0. The molecule has 0 fully saturated rings. The highest BCUT2D eigenvalue weighted by atomic mass is 32.1. The smallest absolute Gasteiger partial charge is 0.321 e. The molecule has 0 saturated carbocycles. The van der Waals surface area contributed by atoms with Crippen LogP contribution in [-0.4, -0.2) is 34.6 Å². The molecule has 0 saturated heterocycles. The Hall–Kier alpha value is -3.55. The molecule has 0 aliphatic heterocycles. The summed E-state index contributed by atoms with van der Waals surface area (Å²) in [6.45, 7) is 2.54. The van der Waals surface area contributed by atoms with E-state index in [0.717, 1.165) is 26.4 Å². The Morgan fingerprint density at radius 3 is 2.52 bits per heavy atom. The third-order valence-electron chi connectivity index (χ3n) is 5.29. The maximum atomic E-state index is 12.4. The van der Waals surface area contributed by atoms with E-state index >= 15 is 0 Å². The van der Waals surface area contributed by atoms with Crippen LogP contribution in [0.25, 0.3) is 20.8 Å². The van der Waals surface area contributed by atoms with Gasteiger partial charge < -0.3 is 15.7 Å². The average Bonchev–Trinajstić information content (AvgIpc) is 3.22. The Labute approximate surface area is 196 Å². The topological polar surface area (TPSA) is 91.3 Å². The van der Waals surface area contributed by atoms with Crippen molar-refractivity contribution in [3.63, 3.8) is 0 Å². The van der Waals surface area contributed by atoms with Crippen molar-refractivity contribution < 1.29 is 14.7 Å². The number of nitrogens with one attached hydrogen (secondary N) is 2. The number of rotatable bonds is 9. The first kappa shape index (κ1) is 22.6. The van der Waals surface area contributed by atoms with E-state index < -0.39 is 12.0 Å². The number of nitrogens with zero attached hydrogens (tertiary/aromatic N) is 1. The van der Waals surface area contributed by atoms with Gasteiger partial charge in [0.2, 0.25) is 5.91 Å². The minimum absolute atomic E-state index is 0.150. The predicted molar refractivity (Wildman–Crippen MR) is 133 cm³/mol. The van der Waals surface area contributed by atoms with Gasteiger partial charge in [-0.1, -0.05) is 36.4 Å². The van der Waals surface area contributed by atoms with Crippen LogP contribution in [0.5, 0.6) is 0 Å². The molecule has 1 unspecified atom stereocenters. The van der Waals surface area contributed by atoms with E-state index in [4.69, 9.17) is 0 Å². The Kier molecular flexibility index (Phi) is 7.12. The van der Waals surface area contributed by atoms with Crippen LogP contribution < -0.4 is 10.6 Å². The predicted octanol–water partition coefficient (Wildman–Crippen LogP) is 4.89. The van der Waals surface area contributed by atoms with Crippen LogP contribution in [0.1, 0.15) is 17.5 Å². The second-order valence-corrected chi connectivity index (χ2v) is 8.93. The van der Waals surface area contributed by atoms with E-state index in [0.29, 0.717) is 18.7 Å². The van der Waals surface area contributed by atoms with Crippen molar-refractivity contribution in [1.29, 1.82) is 0 Å². The number of anilines is 1. The fourth-order valence-electron chi connectivity index (χ4n) is 3.53. The van der Waals surface area contributed by atoms with Crippen molar-refractivity contribution >= 4 is 39.1 Å². The van der Waals surface area contributed by atoms with Crippen molar-refractivity contribution in [2.75, 3.05) is 11.9 Å². The van der Waals surface area contributed by atoms with Crippen molar-refractivity contribution in [2.45, 2.75) is 25.8 Å². The van der Waals surface area contributed by atoms with Gasteiger partial charge in [0.25, 0.3) is 0 Å². The third kappa shape index (κ3) is 6.03. The summed E-state index contributed by atoms with van der Waals surface area (Å²) in [5, 5.41) is 16.1. The Bertz CT molecular complexity index is 1250. The third-order valence-corrected chi connectivity index (χ3v) is 6.36. The molecule has 0 aliphatic carbocycles. The average molecular weight is 460 g/mol.